The zero-order chi connectivity index (χ0) is 16.8. The number of carbonyl (C=O) groups excluding carboxylic acids is 2. The smallest absolute Gasteiger partial charge is 0.330 e. The zero-order valence-corrected chi connectivity index (χ0v) is 15.1. The van der Waals surface area contributed by atoms with Gasteiger partial charge >= 0.3 is 5.97 Å². The maximum atomic E-state index is 12.6. The summed E-state index contributed by atoms with van der Waals surface area (Å²) >= 11 is 4.96. The van der Waals surface area contributed by atoms with E-state index in [2.05, 4.69) is 26.0 Å². The third kappa shape index (κ3) is 4.40. The Morgan fingerprint density at radius 1 is 1.30 bits per heavy atom. The lowest BCUT2D eigenvalue weighted by Gasteiger charge is -2.17. The Kier molecular flexibility index (Phi) is 6.32. The molecule has 23 heavy (non-hydrogen) atoms. The molecule has 0 aliphatic rings. The first-order valence-corrected chi connectivity index (χ1v) is 8.45. The third-order valence-corrected chi connectivity index (χ3v) is 4.53. The zero-order valence-electron chi connectivity index (χ0n) is 12.7. The van der Waals surface area contributed by atoms with Gasteiger partial charge < -0.3 is 14.8 Å². The summed E-state index contributed by atoms with van der Waals surface area (Å²) < 4.78 is 10.5. The molecule has 0 radical (unpaired) electrons. The maximum absolute atomic E-state index is 12.6. The first-order chi connectivity index (χ1) is 11.1. The molecule has 0 aliphatic heterocycles. The average Bonchev–Trinajstić information content (AvgIpc) is 3.07. The van der Waals surface area contributed by atoms with Gasteiger partial charge in [-0.15, -0.1) is 11.3 Å². The molecule has 5 nitrogen and oxygen atoms in total. The van der Waals surface area contributed by atoms with E-state index < -0.39 is 12.0 Å². The van der Waals surface area contributed by atoms with Crippen LogP contribution in [-0.4, -0.2) is 38.7 Å². The number of nitrogens with one attached hydrogen (secondary N) is 1. The van der Waals surface area contributed by atoms with Crippen LogP contribution in [0.1, 0.15) is 10.4 Å². The highest BCUT2D eigenvalue weighted by molar-refractivity contribution is 9.10. The van der Waals surface area contributed by atoms with Crippen molar-refractivity contribution in [3.05, 3.63) is 45.7 Å². The second kappa shape index (κ2) is 8.24. The number of esters is 1. The van der Waals surface area contributed by atoms with Gasteiger partial charge in [-0.05, 0) is 29.6 Å². The van der Waals surface area contributed by atoms with E-state index in [1.54, 1.807) is 12.1 Å². The van der Waals surface area contributed by atoms with Gasteiger partial charge in [0, 0.05) is 27.6 Å². The van der Waals surface area contributed by atoms with Crippen molar-refractivity contribution in [2.75, 3.05) is 20.8 Å². The van der Waals surface area contributed by atoms with Gasteiger partial charge in [0.05, 0.1) is 13.7 Å². The van der Waals surface area contributed by atoms with E-state index in [-0.39, 0.29) is 12.5 Å². The highest BCUT2D eigenvalue weighted by Crippen LogP contribution is 2.30. The lowest BCUT2D eigenvalue weighted by atomic mass is 10.0. The van der Waals surface area contributed by atoms with Crippen molar-refractivity contribution in [3.63, 3.8) is 0 Å². The quantitative estimate of drug-likeness (QED) is 0.760. The van der Waals surface area contributed by atoms with Gasteiger partial charge in [0.15, 0.2) is 6.04 Å². The fraction of sp³-hybridized carbons (Fsp3) is 0.250. The van der Waals surface area contributed by atoms with Gasteiger partial charge in [0.2, 0.25) is 0 Å². The van der Waals surface area contributed by atoms with Gasteiger partial charge in [-0.25, -0.2) is 4.79 Å². The molecule has 7 heteroatoms. The summed E-state index contributed by atoms with van der Waals surface area (Å²) in [6.07, 6.45) is 0. The maximum Gasteiger partial charge on any atom is 0.330 e. The molecule has 122 valence electrons. The Balaban J connectivity index is 2.30. The summed E-state index contributed by atoms with van der Waals surface area (Å²) in [5.74, 6) is -0.900. The number of methoxy groups -OCH3 is 2. The monoisotopic (exact) mass is 397 g/mol. The van der Waals surface area contributed by atoms with Crippen LogP contribution < -0.4 is 5.32 Å². The van der Waals surface area contributed by atoms with E-state index in [0.29, 0.717) is 5.56 Å². The summed E-state index contributed by atoms with van der Waals surface area (Å²) in [6.45, 7) is 0.0449. The molecule has 1 unspecified atom stereocenters. The molecule has 0 spiro atoms. The molecule has 2 aromatic rings. The van der Waals surface area contributed by atoms with Crippen molar-refractivity contribution < 1.29 is 19.1 Å². The third-order valence-electron chi connectivity index (χ3n) is 3.14. The molecule has 1 heterocycles. The highest BCUT2D eigenvalue weighted by Gasteiger charge is 2.23. The van der Waals surface area contributed by atoms with Crippen molar-refractivity contribution in [2.24, 2.45) is 0 Å². The molecular formula is C16H16BrNO4S. The molecule has 0 fully saturated rings. The largest absolute Gasteiger partial charge is 0.467 e. The van der Waals surface area contributed by atoms with Crippen LogP contribution in [0.4, 0.5) is 0 Å². The summed E-state index contributed by atoms with van der Waals surface area (Å²) in [5.41, 5.74) is 1.29. The summed E-state index contributed by atoms with van der Waals surface area (Å²) in [5, 5.41) is 4.60. The van der Waals surface area contributed by atoms with E-state index in [4.69, 9.17) is 4.74 Å². The molecule has 1 amide bonds. The summed E-state index contributed by atoms with van der Waals surface area (Å²) in [4.78, 5) is 25.3. The second-order valence-corrected chi connectivity index (χ2v) is 6.54. The Hall–Kier alpha value is -1.70. The average molecular weight is 398 g/mol. The van der Waals surface area contributed by atoms with E-state index in [1.165, 1.54) is 25.6 Å². The summed E-state index contributed by atoms with van der Waals surface area (Å²) in [6, 6.07) is 8.40. The van der Waals surface area contributed by atoms with Crippen LogP contribution in [0, 0.1) is 0 Å². The predicted octanol–water partition coefficient (Wildman–Crippen LogP) is 3.10. The molecule has 0 bridgehead atoms. The van der Waals surface area contributed by atoms with Crippen LogP contribution in [0.3, 0.4) is 0 Å². The SMILES string of the molecule is COCC(NC(=O)c1ccc(Br)cc1-c1cccs1)C(=O)OC. The number of carbonyl (C=O) groups is 2. The van der Waals surface area contributed by atoms with Crippen molar-refractivity contribution >= 4 is 39.1 Å². The van der Waals surface area contributed by atoms with Crippen molar-refractivity contribution in [2.45, 2.75) is 6.04 Å². The van der Waals surface area contributed by atoms with E-state index in [9.17, 15) is 9.59 Å². The first kappa shape index (κ1) is 17.7. The molecule has 1 atom stereocenters. The van der Waals surface area contributed by atoms with Crippen LogP contribution in [0.15, 0.2) is 40.2 Å². The van der Waals surface area contributed by atoms with Crippen molar-refractivity contribution in [3.8, 4) is 10.4 Å². The number of benzene rings is 1. The lowest BCUT2D eigenvalue weighted by molar-refractivity contribution is -0.144. The minimum atomic E-state index is -0.850. The molecule has 1 aromatic carbocycles. The predicted molar refractivity (Wildman–Crippen MR) is 92.6 cm³/mol. The molecule has 1 aromatic heterocycles. The first-order valence-electron chi connectivity index (χ1n) is 6.78. The Morgan fingerprint density at radius 2 is 2.09 bits per heavy atom. The van der Waals surface area contributed by atoms with Crippen LogP contribution in [0.2, 0.25) is 0 Å². The van der Waals surface area contributed by atoms with Gasteiger partial charge in [-0.3, -0.25) is 4.79 Å². The molecule has 0 saturated carbocycles. The Labute approximate surface area is 146 Å². The Bertz CT molecular complexity index is 687. The number of rotatable bonds is 6. The van der Waals surface area contributed by atoms with Gasteiger partial charge in [-0.1, -0.05) is 22.0 Å². The van der Waals surface area contributed by atoms with E-state index in [1.807, 2.05) is 23.6 Å². The van der Waals surface area contributed by atoms with Crippen molar-refractivity contribution in [1.29, 1.82) is 0 Å². The van der Waals surface area contributed by atoms with Crippen LogP contribution in [-0.2, 0) is 14.3 Å². The molecule has 2 rings (SSSR count). The second-order valence-electron chi connectivity index (χ2n) is 4.67. The normalized spacial score (nSPS) is 11.8. The fourth-order valence-corrected chi connectivity index (χ4v) is 3.18. The number of halogens is 1. The fourth-order valence-electron chi connectivity index (χ4n) is 2.06. The number of hydrogen-bond acceptors (Lipinski definition) is 5. The number of thiophene rings is 1. The lowest BCUT2D eigenvalue weighted by Crippen LogP contribution is -2.44. The minimum absolute atomic E-state index is 0.0449. The number of hydrogen-bond donors (Lipinski definition) is 1. The van der Waals surface area contributed by atoms with Gasteiger partial charge in [-0.2, -0.15) is 0 Å². The van der Waals surface area contributed by atoms with Crippen molar-refractivity contribution in [1.82, 2.24) is 5.32 Å². The van der Waals surface area contributed by atoms with Crippen LogP contribution >= 0.6 is 27.3 Å². The Morgan fingerprint density at radius 3 is 2.70 bits per heavy atom. The molecule has 0 aliphatic carbocycles. The number of amides is 1. The molecular weight excluding hydrogens is 382 g/mol. The summed E-state index contributed by atoms with van der Waals surface area (Å²) in [7, 11) is 2.73. The molecule has 1 N–H and O–H groups in total. The minimum Gasteiger partial charge on any atom is -0.467 e. The topological polar surface area (TPSA) is 64.6 Å². The van der Waals surface area contributed by atoms with Gasteiger partial charge in [0.1, 0.15) is 0 Å². The van der Waals surface area contributed by atoms with E-state index in [0.717, 1.165) is 14.9 Å². The molecule has 0 saturated heterocycles. The highest BCUT2D eigenvalue weighted by atomic mass is 79.9. The van der Waals surface area contributed by atoms with Crippen LogP contribution in [0.5, 0.6) is 0 Å². The standard InChI is InChI=1S/C16H16BrNO4S/c1-21-9-13(16(20)22-2)18-15(19)11-6-5-10(17)8-12(11)14-4-3-7-23-14/h3-8,13H,9H2,1-2H3,(H,18,19). The van der Waals surface area contributed by atoms with Gasteiger partial charge in [0.25, 0.3) is 5.91 Å². The van der Waals surface area contributed by atoms with Crippen LogP contribution in [0.25, 0.3) is 10.4 Å². The van der Waals surface area contributed by atoms with E-state index >= 15 is 0 Å². The number of ether oxygens (including phenoxy) is 2.